The zero-order valence-electron chi connectivity index (χ0n) is 14.6. The van der Waals surface area contributed by atoms with Crippen molar-refractivity contribution in [2.75, 3.05) is 4.90 Å². The fourth-order valence-corrected chi connectivity index (χ4v) is 3.53. The van der Waals surface area contributed by atoms with Gasteiger partial charge in [-0.3, -0.25) is 9.59 Å². The summed E-state index contributed by atoms with van der Waals surface area (Å²) < 4.78 is 19.0. The van der Waals surface area contributed by atoms with Gasteiger partial charge in [0.2, 0.25) is 11.1 Å². The van der Waals surface area contributed by atoms with E-state index in [1.807, 2.05) is 6.07 Å². The molecule has 1 aliphatic heterocycles. The number of amides is 2. The molecular weight excluding hydrogens is 417 g/mol. The second kappa shape index (κ2) is 8.02. The van der Waals surface area contributed by atoms with E-state index in [0.29, 0.717) is 21.9 Å². The number of carbonyl (C=O) groups is 2. The maximum Gasteiger partial charge on any atom is 0.298 e. The Hall–Kier alpha value is -3.23. The third kappa shape index (κ3) is 4.13. The van der Waals surface area contributed by atoms with Crippen LogP contribution in [0.3, 0.4) is 0 Å². The summed E-state index contributed by atoms with van der Waals surface area (Å²) in [4.78, 5) is 33.5. The van der Waals surface area contributed by atoms with E-state index in [0.717, 1.165) is 22.9 Å². The number of thioether (sulfide) groups is 1. The SMILES string of the molecule is O=C1S/C(=C/c2ccc(Oc3nc(Cl)ncc3F)cc2)C(=O)N1c1ccccc1. The van der Waals surface area contributed by atoms with Crippen molar-refractivity contribution < 1.29 is 18.7 Å². The van der Waals surface area contributed by atoms with E-state index < -0.39 is 5.82 Å². The van der Waals surface area contributed by atoms with Gasteiger partial charge in [0, 0.05) is 0 Å². The summed E-state index contributed by atoms with van der Waals surface area (Å²) in [6.07, 6.45) is 2.53. The van der Waals surface area contributed by atoms with Crippen LogP contribution in [0, 0.1) is 5.82 Å². The Morgan fingerprint density at radius 1 is 1.07 bits per heavy atom. The molecule has 0 atom stereocenters. The van der Waals surface area contributed by atoms with Crippen molar-refractivity contribution >= 4 is 46.3 Å². The second-order valence-electron chi connectivity index (χ2n) is 5.82. The van der Waals surface area contributed by atoms with Gasteiger partial charge in [0.05, 0.1) is 16.8 Å². The summed E-state index contributed by atoms with van der Waals surface area (Å²) in [6.45, 7) is 0. The highest BCUT2D eigenvalue weighted by Crippen LogP contribution is 2.35. The Morgan fingerprint density at radius 3 is 2.52 bits per heavy atom. The van der Waals surface area contributed by atoms with Gasteiger partial charge in [0.1, 0.15) is 5.75 Å². The molecule has 144 valence electrons. The first kappa shape index (κ1) is 19.1. The van der Waals surface area contributed by atoms with Crippen molar-refractivity contribution in [2.24, 2.45) is 0 Å². The Balaban J connectivity index is 1.52. The van der Waals surface area contributed by atoms with Crippen molar-refractivity contribution in [1.82, 2.24) is 9.97 Å². The van der Waals surface area contributed by atoms with Gasteiger partial charge in [-0.1, -0.05) is 30.3 Å². The van der Waals surface area contributed by atoms with Gasteiger partial charge < -0.3 is 4.74 Å². The summed E-state index contributed by atoms with van der Waals surface area (Å²) in [5.74, 6) is -1.09. The van der Waals surface area contributed by atoms with E-state index in [1.54, 1.807) is 54.6 Å². The number of hydrogen-bond donors (Lipinski definition) is 0. The van der Waals surface area contributed by atoms with Gasteiger partial charge in [-0.25, -0.2) is 9.88 Å². The van der Waals surface area contributed by atoms with Crippen LogP contribution in [0.1, 0.15) is 5.56 Å². The molecule has 0 bridgehead atoms. The Morgan fingerprint density at radius 2 is 1.79 bits per heavy atom. The monoisotopic (exact) mass is 427 g/mol. The topological polar surface area (TPSA) is 72.4 Å². The van der Waals surface area contributed by atoms with Crippen molar-refractivity contribution in [3.63, 3.8) is 0 Å². The summed E-state index contributed by atoms with van der Waals surface area (Å²) in [5, 5.41) is -0.490. The van der Waals surface area contributed by atoms with Crippen molar-refractivity contribution in [1.29, 1.82) is 0 Å². The number of ether oxygens (including phenoxy) is 1. The molecule has 1 aromatic heterocycles. The molecule has 0 spiro atoms. The molecule has 2 heterocycles. The smallest absolute Gasteiger partial charge is 0.298 e. The van der Waals surface area contributed by atoms with Crippen LogP contribution in [-0.4, -0.2) is 21.1 Å². The summed E-state index contributed by atoms with van der Waals surface area (Å²) in [6, 6.07) is 15.2. The number of aromatic nitrogens is 2. The highest BCUT2D eigenvalue weighted by atomic mass is 35.5. The number of anilines is 1. The van der Waals surface area contributed by atoms with Crippen LogP contribution in [0.4, 0.5) is 14.9 Å². The molecule has 4 rings (SSSR count). The largest absolute Gasteiger partial charge is 0.436 e. The molecule has 29 heavy (non-hydrogen) atoms. The molecular formula is C20H11ClFN3O3S. The number of nitrogens with zero attached hydrogens (tertiary/aromatic N) is 3. The zero-order chi connectivity index (χ0) is 20.4. The summed E-state index contributed by atoms with van der Waals surface area (Å²) in [5.41, 5.74) is 1.20. The van der Waals surface area contributed by atoms with E-state index in [2.05, 4.69) is 9.97 Å². The molecule has 9 heteroatoms. The number of halogens is 2. The lowest BCUT2D eigenvalue weighted by atomic mass is 10.2. The normalized spacial score (nSPS) is 15.2. The number of benzene rings is 2. The first-order valence-corrected chi connectivity index (χ1v) is 9.50. The quantitative estimate of drug-likeness (QED) is 0.415. The van der Waals surface area contributed by atoms with Crippen LogP contribution in [0.2, 0.25) is 5.28 Å². The molecule has 0 unspecified atom stereocenters. The molecule has 0 N–H and O–H groups in total. The predicted octanol–water partition coefficient (Wildman–Crippen LogP) is 5.30. The van der Waals surface area contributed by atoms with Gasteiger partial charge >= 0.3 is 0 Å². The van der Waals surface area contributed by atoms with Crippen molar-refractivity contribution in [3.05, 3.63) is 82.4 Å². The minimum atomic E-state index is -0.743. The van der Waals surface area contributed by atoms with Crippen LogP contribution in [0.5, 0.6) is 11.6 Å². The Kier molecular flexibility index (Phi) is 5.28. The fraction of sp³-hybridized carbons (Fsp3) is 0. The molecule has 2 aromatic carbocycles. The van der Waals surface area contributed by atoms with E-state index >= 15 is 0 Å². The molecule has 6 nitrogen and oxygen atoms in total. The molecule has 0 aliphatic carbocycles. The van der Waals surface area contributed by atoms with Gasteiger partial charge in [-0.05, 0) is 59.3 Å². The lowest BCUT2D eigenvalue weighted by Crippen LogP contribution is -2.27. The van der Waals surface area contributed by atoms with Gasteiger partial charge in [0.15, 0.2) is 0 Å². The molecule has 2 amide bonds. The molecule has 0 saturated carbocycles. The third-order valence-electron chi connectivity index (χ3n) is 3.88. The fourth-order valence-electron chi connectivity index (χ4n) is 2.57. The standard InChI is InChI=1S/C20H11ClFN3O3S/c21-19-23-11-15(22)17(24-19)28-14-8-6-12(7-9-14)10-16-18(26)25(20(27)29-16)13-4-2-1-3-5-13/h1-11H/b16-10+. The predicted molar refractivity (Wildman–Crippen MR) is 108 cm³/mol. The minimum absolute atomic E-state index is 0.132. The number of imide groups is 1. The lowest BCUT2D eigenvalue weighted by Gasteiger charge is -2.11. The van der Waals surface area contributed by atoms with Crippen LogP contribution >= 0.6 is 23.4 Å². The number of hydrogen-bond acceptors (Lipinski definition) is 6. The highest BCUT2D eigenvalue weighted by molar-refractivity contribution is 8.19. The average molecular weight is 428 g/mol. The van der Waals surface area contributed by atoms with Crippen LogP contribution < -0.4 is 9.64 Å². The summed E-state index contributed by atoms with van der Waals surface area (Å²) in [7, 11) is 0. The third-order valence-corrected chi connectivity index (χ3v) is 4.93. The molecule has 1 saturated heterocycles. The van der Waals surface area contributed by atoms with E-state index in [-0.39, 0.29) is 22.3 Å². The number of rotatable bonds is 4. The lowest BCUT2D eigenvalue weighted by molar-refractivity contribution is -0.113. The maximum atomic E-state index is 13.7. The Bertz CT molecular complexity index is 1120. The first-order valence-electron chi connectivity index (χ1n) is 8.30. The van der Waals surface area contributed by atoms with Gasteiger partial charge in [0.25, 0.3) is 17.0 Å². The van der Waals surface area contributed by atoms with Crippen molar-refractivity contribution in [3.8, 4) is 11.6 Å². The van der Waals surface area contributed by atoms with E-state index in [9.17, 15) is 14.0 Å². The number of para-hydroxylation sites is 1. The molecule has 3 aromatic rings. The molecule has 1 fully saturated rings. The van der Waals surface area contributed by atoms with Crippen LogP contribution in [-0.2, 0) is 4.79 Å². The van der Waals surface area contributed by atoms with E-state index in [1.165, 1.54) is 0 Å². The zero-order valence-corrected chi connectivity index (χ0v) is 16.2. The van der Waals surface area contributed by atoms with Crippen molar-refractivity contribution in [2.45, 2.75) is 0 Å². The average Bonchev–Trinajstić information content (AvgIpc) is 3.00. The molecule has 1 aliphatic rings. The first-order chi connectivity index (χ1) is 14.0. The van der Waals surface area contributed by atoms with Crippen LogP contribution in [0.15, 0.2) is 65.7 Å². The Labute approximate surface area is 174 Å². The van der Waals surface area contributed by atoms with E-state index in [4.69, 9.17) is 16.3 Å². The van der Waals surface area contributed by atoms with Gasteiger partial charge in [-0.2, -0.15) is 9.37 Å². The van der Waals surface area contributed by atoms with Gasteiger partial charge in [-0.15, -0.1) is 0 Å². The summed E-state index contributed by atoms with van der Waals surface area (Å²) >= 11 is 6.51. The highest BCUT2D eigenvalue weighted by Gasteiger charge is 2.36. The minimum Gasteiger partial charge on any atom is -0.436 e. The maximum absolute atomic E-state index is 13.7. The number of carbonyl (C=O) groups excluding carboxylic acids is 2. The van der Waals surface area contributed by atoms with Crippen LogP contribution in [0.25, 0.3) is 6.08 Å². The molecule has 0 radical (unpaired) electrons. The second-order valence-corrected chi connectivity index (χ2v) is 7.15.